The summed E-state index contributed by atoms with van der Waals surface area (Å²) in [7, 11) is 0. The van der Waals surface area contributed by atoms with Gasteiger partial charge in [0.15, 0.2) is 17.4 Å². The first-order chi connectivity index (χ1) is 4.52. The van der Waals surface area contributed by atoms with Gasteiger partial charge in [-0.2, -0.15) is 0 Å². The van der Waals surface area contributed by atoms with E-state index in [9.17, 15) is 14.4 Å². The maximum atomic E-state index is 9.86. The molecular formula is C3H11AlCaMgO8. The Balaban J connectivity index is -0.0000000675. The van der Waals surface area contributed by atoms with Crippen LogP contribution in [-0.2, 0) is 9.47 Å². The summed E-state index contributed by atoms with van der Waals surface area (Å²) in [4.78, 5) is 28.8. The Kier molecular flexibility index (Phi) is 33.9. The molecule has 0 unspecified atom stereocenters. The van der Waals surface area contributed by atoms with Crippen molar-refractivity contribution in [3.63, 3.8) is 0 Å². The van der Waals surface area contributed by atoms with Crippen molar-refractivity contribution in [2.75, 3.05) is 0 Å². The van der Waals surface area contributed by atoms with Crippen LogP contribution in [0.3, 0.4) is 0 Å². The number of carbonyl (C=O) groups is 3. The Bertz CT molecular complexity index is 167. The third-order valence-electron chi connectivity index (χ3n) is 0.341. The van der Waals surface area contributed by atoms with Crippen molar-refractivity contribution in [1.29, 1.82) is 0 Å². The molecule has 0 saturated carbocycles. The first kappa shape index (κ1) is 29.3. The molecule has 0 aliphatic heterocycles. The van der Waals surface area contributed by atoms with Crippen molar-refractivity contribution in [3.8, 4) is 0 Å². The molecule has 0 atom stereocenters. The predicted molar refractivity (Wildman–Crippen MR) is 54.3 cm³/mol. The fourth-order valence-electron chi connectivity index (χ4n) is 0.163. The van der Waals surface area contributed by atoms with Gasteiger partial charge in [-0.25, -0.2) is 14.4 Å². The largest absolute Gasteiger partial charge is 0.316 e. The molecule has 8 nitrogen and oxygen atoms in total. The van der Waals surface area contributed by atoms with E-state index in [0.29, 0.717) is 0 Å². The molecule has 0 aliphatic carbocycles. The average Bonchev–Trinajstić information content (AvgIpc) is 1.58. The van der Waals surface area contributed by atoms with E-state index in [1.54, 1.807) is 0 Å². The van der Waals surface area contributed by atoms with Gasteiger partial charge in [0.1, 0.15) is 0 Å². The van der Waals surface area contributed by atoms with Crippen molar-refractivity contribution in [1.82, 2.24) is 0 Å². The van der Waals surface area contributed by atoms with Gasteiger partial charge in [-0.15, -0.1) is 0 Å². The molecule has 0 amide bonds. The Labute approximate surface area is 135 Å². The van der Waals surface area contributed by atoms with Crippen LogP contribution in [0.4, 0.5) is 14.4 Å². The van der Waals surface area contributed by atoms with Crippen molar-refractivity contribution in [2.45, 2.75) is 0 Å². The quantitative estimate of drug-likeness (QED) is 0.265. The summed E-state index contributed by atoms with van der Waals surface area (Å²) < 4.78 is 6.47. The molecule has 0 radical (unpaired) electrons. The SMILES string of the molecule is O.O=C(O)OC(=O)OC(=O)O.[AlH3].[CaH2].[MgH2]. The first-order valence-electron chi connectivity index (χ1n) is 1.88. The van der Waals surface area contributed by atoms with E-state index in [4.69, 9.17) is 10.2 Å². The van der Waals surface area contributed by atoms with Gasteiger partial charge < -0.3 is 25.2 Å². The summed E-state index contributed by atoms with van der Waals surface area (Å²) in [6.45, 7) is 0. The summed E-state index contributed by atoms with van der Waals surface area (Å²) in [6, 6.07) is 0. The van der Waals surface area contributed by atoms with E-state index in [-0.39, 0.29) is 83.6 Å². The van der Waals surface area contributed by atoms with Gasteiger partial charge >= 0.3 is 79.3 Å². The van der Waals surface area contributed by atoms with Gasteiger partial charge in [0.25, 0.3) is 0 Å². The molecule has 0 rings (SSSR count). The molecule has 78 valence electrons. The van der Waals surface area contributed by atoms with Crippen LogP contribution in [0.2, 0.25) is 0 Å². The third-order valence-corrected chi connectivity index (χ3v) is 0.341. The van der Waals surface area contributed by atoms with Crippen molar-refractivity contribution < 1.29 is 39.5 Å². The monoisotopic (exact) mass is 266 g/mol. The van der Waals surface area contributed by atoms with Crippen LogP contribution in [0.25, 0.3) is 0 Å². The van der Waals surface area contributed by atoms with Gasteiger partial charge in [0.05, 0.1) is 0 Å². The van der Waals surface area contributed by atoms with E-state index >= 15 is 0 Å². The Hall–Kier alpha value is 0.728. The summed E-state index contributed by atoms with van der Waals surface area (Å²) in [5, 5.41) is 15.4. The topological polar surface area (TPSA) is 142 Å². The van der Waals surface area contributed by atoms with E-state index in [1.807, 2.05) is 0 Å². The fourth-order valence-corrected chi connectivity index (χ4v) is 0.163. The van der Waals surface area contributed by atoms with Gasteiger partial charge in [-0.3, -0.25) is 0 Å². The number of hydrogen-bond donors (Lipinski definition) is 2. The molecule has 0 aromatic rings. The summed E-state index contributed by atoms with van der Waals surface area (Å²) in [5.41, 5.74) is 0. The van der Waals surface area contributed by atoms with E-state index in [2.05, 4.69) is 9.47 Å². The second kappa shape index (κ2) is 16.2. The van der Waals surface area contributed by atoms with Gasteiger partial charge in [0, 0.05) is 0 Å². The summed E-state index contributed by atoms with van der Waals surface area (Å²) >= 11 is 0. The Morgan fingerprint density at radius 1 is 0.929 bits per heavy atom. The van der Waals surface area contributed by atoms with Crippen LogP contribution >= 0.6 is 0 Å². The molecule has 4 N–H and O–H groups in total. The van der Waals surface area contributed by atoms with Gasteiger partial charge in [-0.05, 0) is 0 Å². The van der Waals surface area contributed by atoms with Crippen molar-refractivity contribution in [2.24, 2.45) is 0 Å². The number of rotatable bonds is 0. The Morgan fingerprint density at radius 3 is 1.29 bits per heavy atom. The summed E-state index contributed by atoms with van der Waals surface area (Å²) in [6.07, 6.45) is -5.64. The number of carboxylic acid groups (broad SMARTS) is 2. The third kappa shape index (κ3) is 23.0. The molecule has 11 heteroatoms. The molecule has 14 heavy (non-hydrogen) atoms. The molecule has 0 saturated heterocycles. The maximum absolute atomic E-state index is 9.86. The number of carbonyl (C=O) groups excluding carboxylic acids is 1. The zero-order valence-corrected chi connectivity index (χ0v) is 4.94. The van der Waals surface area contributed by atoms with Crippen molar-refractivity contribution in [3.05, 3.63) is 0 Å². The van der Waals surface area contributed by atoms with E-state index < -0.39 is 18.5 Å². The second-order valence-corrected chi connectivity index (χ2v) is 0.986. The fraction of sp³-hybridized carbons (Fsp3) is 0. The molecule has 0 heterocycles. The molecule has 0 spiro atoms. The van der Waals surface area contributed by atoms with Crippen LogP contribution < -0.4 is 0 Å². The average molecular weight is 266 g/mol. The number of ether oxygens (including phenoxy) is 2. The van der Waals surface area contributed by atoms with Crippen LogP contribution in [0.1, 0.15) is 0 Å². The smallest absolute Gasteiger partial charge is 0.316 e. The Morgan fingerprint density at radius 2 is 1.14 bits per heavy atom. The van der Waals surface area contributed by atoms with Crippen LogP contribution in [0.15, 0.2) is 0 Å². The van der Waals surface area contributed by atoms with Crippen LogP contribution in [-0.4, -0.2) is 112 Å². The van der Waals surface area contributed by atoms with Gasteiger partial charge in [-0.1, -0.05) is 0 Å². The minimum Gasteiger partial charge on any atom is 0.316 e. The first-order valence-corrected chi connectivity index (χ1v) is 1.88. The zero-order valence-electron chi connectivity index (χ0n) is 4.94. The van der Waals surface area contributed by atoms with E-state index in [0.717, 1.165) is 0 Å². The summed E-state index contributed by atoms with van der Waals surface area (Å²) in [5.74, 6) is 0. The minimum atomic E-state index is -1.92. The molecular weight excluding hydrogens is 255 g/mol. The van der Waals surface area contributed by atoms with Gasteiger partial charge in [0.2, 0.25) is 0 Å². The second-order valence-electron chi connectivity index (χ2n) is 0.986. The standard InChI is InChI=1S/C3H2O7.Al.Ca.Mg.H2O.7H/c4-1(5)9-3(8)10-2(6)7;;;;;;;;;;;/h(H,4,5)(H,6,7);;;;1H2;;;;;;;. The van der Waals surface area contributed by atoms with E-state index in [1.165, 1.54) is 0 Å². The molecule has 0 bridgehead atoms. The molecule has 0 aromatic heterocycles. The molecule has 0 aliphatic rings. The van der Waals surface area contributed by atoms with Crippen molar-refractivity contribution >= 4 is 96.6 Å². The van der Waals surface area contributed by atoms with Crippen LogP contribution in [0.5, 0.6) is 0 Å². The minimum absolute atomic E-state index is 0. The maximum Gasteiger partial charge on any atom is 0.316 e. The molecule has 0 aromatic carbocycles. The van der Waals surface area contributed by atoms with Crippen LogP contribution in [0, 0.1) is 0 Å². The zero-order chi connectivity index (χ0) is 8.15. The number of hydrogen-bond acceptors (Lipinski definition) is 5. The predicted octanol–water partition coefficient (Wildman–Crippen LogP) is -3.35. The molecule has 0 fully saturated rings. The normalized spacial score (nSPS) is 5.71.